The van der Waals surface area contributed by atoms with Gasteiger partial charge in [-0.2, -0.15) is 16.9 Å². The summed E-state index contributed by atoms with van der Waals surface area (Å²) in [5.41, 5.74) is 2.80. The largest absolute Gasteiger partial charge is 0.352 e. The Kier molecular flexibility index (Phi) is 6.34. The summed E-state index contributed by atoms with van der Waals surface area (Å²) in [5.74, 6) is 1.93. The number of rotatable bonds is 7. The van der Waals surface area contributed by atoms with Crippen LogP contribution in [0.5, 0.6) is 0 Å². The van der Waals surface area contributed by atoms with Crippen LogP contribution >= 0.6 is 23.4 Å². The molecule has 1 aromatic carbocycles. The Morgan fingerprint density at radius 2 is 2.09 bits per heavy atom. The molecule has 118 valence electrons. The summed E-state index contributed by atoms with van der Waals surface area (Å²) in [6.45, 7) is 2.57. The van der Waals surface area contributed by atoms with E-state index in [1.807, 2.05) is 50.0 Å². The van der Waals surface area contributed by atoms with Crippen molar-refractivity contribution < 1.29 is 4.79 Å². The molecular formula is C16H20ClN3OS. The van der Waals surface area contributed by atoms with Crippen LogP contribution in [0.3, 0.4) is 0 Å². The third-order valence-corrected chi connectivity index (χ3v) is 4.78. The van der Waals surface area contributed by atoms with Gasteiger partial charge in [0.25, 0.3) is 5.91 Å². The molecule has 0 spiro atoms. The molecule has 0 radical (unpaired) electrons. The zero-order valence-corrected chi connectivity index (χ0v) is 14.4. The zero-order chi connectivity index (χ0) is 15.9. The number of aromatic nitrogens is 2. The molecule has 0 saturated carbocycles. The smallest absolute Gasteiger partial charge is 0.254 e. The van der Waals surface area contributed by atoms with Crippen molar-refractivity contribution in [3.05, 3.63) is 52.3 Å². The highest BCUT2D eigenvalue weighted by Gasteiger charge is 2.11. The third kappa shape index (κ3) is 4.78. The molecule has 6 heteroatoms. The predicted octanol–water partition coefficient (Wildman–Crippen LogP) is 3.44. The molecule has 1 N–H and O–H groups in total. The average molecular weight is 338 g/mol. The van der Waals surface area contributed by atoms with Gasteiger partial charge >= 0.3 is 0 Å². The van der Waals surface area contributed by atoms with Gasteiger partial charge in [-0.3, -0.25) is 9.48 Å². The summed E-state index contributed by atoms with van der Waals surface area (Å²) < 4.78 is 1.71. The topological polar surface area (TPSA) is 46.9 Å². The van der Waals surface area contributed by atoms with Crippen LogP contribution in [0.4, 0.5) is 0 Å². The summed E-state index contributed by atoms with van der Waals surface area (Å²) >= 11 is 7.71. The number of benzene rings is 1. The SMILES string of the molecule is Cc1c(C(=O)NCCCSCc2ccc(Cl)cc2)cnn1C. The number of hydrogen-bond donors (Lipinski definition) is 1. The van der Waals surface area contributed by atoms with Gasteiger partial charge in [0.2, 0.25) is 0 Å². The average Bonchev–Trinajstić information content (AvgIpc) is 2.84. The maximum Gasteiger partial charge on any atom is 0.254 e. The minimum Gasteiger partial charge on any atom is -0.352 e. The quantitative estimate of drug-likeness (QED) is 0.787. The van der Waals surface area contributed by atoms with Gasteiger partial charge in [-0.05, 0) is 36.8 Å². The molecule has 2 rings (SSSR count). The molecule has 0 atom stereocenters. The first-order valence-electron chi connectivity index (χ1n) is 7.17. The minimum atomic E-state index is -0.0479. The monoisotopic (exact) mass is 337 g/mol. The normalized spacial score (nSPS) is 10.7. The summed E-state index contributed by atoms with van der Waals surface area (Å²) in [4.78, 5) is 12.0. The highest BCUT2D eigenvalue weighted by atomic mass is 35.5. The van der Waals surface area contributed by atoms with E-state index in [2.05, 4.69) is 10.4 Å². The zero-order valence-electron chi connectivity index (χ0n) is 12.8. The van der Waals surface area contributed by atoms with E-state index >= 15 is 0 Å². The van der Waals surface area contributed by atoms with E-state index in [1.165, 1.54) is 5.56 Å². The van der Waals surface area contributed by atoms with Crippen molar-refractivity contribution in [2.24, 2.45) is 7.05 Å². The van der Waals surface area contributed by atoms with Crippen molar-refractivity contribution in [2.45, 2.75) is 19.1 Å². The number of carbonyl (C=O) groups excluding carboxylic acids is 1. The summed E-state index contributed by atoms with van der Waals surface area (Å²) in [5, 5.41) is 7.78. The number of amides is 1. The van der Waals surface area contributed by atoms with Crippen molar-refractivity contribution in [1.29, 1.82) is 0 Å². The van der Waals surface area contributed by atoms with E-state index in [0.29, 0.717) is 12.1 Å². The second-order valence-corrected chi connectivity index (χ2v) is 6.60. The molecule has 0 aliphatic carbocycles. The first kappa shape index (κ1) is 16.9. The Labute approximate surface area is 140 Å². The molecule has 0 aliphatic rings. The minimum absolute atomic E-state index is 0.0479. The number of carbonyl (C=O) groups is 1. The Morgan fingerprint density at radius 1 is 1.36 bits per heavy atom. The van der Waals surface area contributed by atoms with Gasteiger partial charge in [0.05, 0.1) is 11.8 Å². The lowest BCUT2D eigenvalue weighted by Crippen LogP contribution is -2.25. The highest BCUT2D eigenvalue weighted by molar-refractivity contribution is 7.98. The number of thioether (sulfide) groups is 1. The fourth-order valence-electron chi connectivity index (χ4n) is 1.96. The van der Waals surface area contributed by atoms with Crippen LogP contribution in [-0.2, 0) is 12.8 Å². The summed E-state index contributed by atoms with van der Waals surface area (Å²) in [6, 6.07) is 7.91. The molecule has 0 aliphatic heterocycles. The molecule has 0 saturated heterocycles. The van der Waals surface area contributed by atoms with E-state index in [1.54, 1.807) is 10.9 Å². The standard InChI is InChI=1S/C16H20ClN3OS/c1-12-15(10-19-20(12)2)16(21)18-8-3-9-22-11-13-4-6-14(17)7-5-13/h4-7,10H,3,8-9,11H2,1-2H3,(H,18,21). The van der Waals surface area contributed by atoms with Gasteiger partial charge in [-0.25, -0.2) is 0 Å². The maximum absolute atomic E-state index is 12.0. The van der Waals surface area contributed by atoms with Crippen molar-refractivity contribution >= 4 is 29.3 Å². The van der Waals surface area contributed by atoms with Crippen LogP contribution < -0.4 is 5.32 Å². The van der Waals surface area contributed by atoms with Crippen LogP contribution in [0, 0.1) is 6.92 Å². The van der Waals surface area contributed by atoms with E-state index < -0.39 is 0 Å². The molecular weight excluding hydrogens is 318 g/mol. The molecule has 1 amide bonds. The number of halogens is 1. The van der Waals surface area contributed by atoms with Crippen molar-refractivity contribution in [2.75, 3.05) is 12.3 Å². The van der Waals surface area contributed by atoms with Crippen LogP contribution in [-0.4, -0.2) is 28.0 Å². The van der Waals surface area contributed by atoms with Gasteiger partial charge < -0.3 is 5.32 Å². The lowest BCUT2D eigenvalue weighted by Gasteiger charge is -2.05. The fourth-order valence-corrected chi connectivity index (χ4v) is 3.01. The van der Waals surface area contributed by atoms with Crippen molar-refractivity contribution in [3.63, 3.8) is 0 Å². The lowest BCUT2D eigenvalue weighted by molar-refractivity contribution is 0.0953. The number of nitrogens with zero attached hydrogens (tertiary/aromatic N) is 2. The van der Waals surface area contributed by atoms with Gasteiger partial charge in [0.15, 0.2) is 0 Å². The predicted molar refractivity (Wildman–Crippen MR) is 92.5 cm³/mol. The molecule has 4 nitrogen and oxygen atoms in total. The Hall–Kier alpha value is -1.46. The fraction of sp³-hybridized carbons (Fsp3) is 0.375. The first-order chi connectivity index (χ1) is 10.6. The number of nitrogens with one attached hydrogen (secondary N) is 1. The van der Waals surface area contributed by atoms with Gasteiger partial charge in [0, 0.05) is 30.1 Å². The van der Waals surface area contributed by atoms with Crippen molar-refractivity contribution in [1.82, 2.24) is 15.1 Å². The number of hydrogen-bond acceptors (Lipinski definition) is 3. The molecule has 22 heavy (non-hydrogen) atoms. The van der Waals surface area contributed by atoms with Gasteiger partial charge in [0.1, 0.15) is 0 Å². The maximum atomic E-state index is 12.0. The van der Waals surface area contributed by atoms with Crippen LogP contribution in [0.15, 0.2) is 30.5 Å². The molecule has 0 bridgehead atoms. The number of aryl methyl sites for hydroxylation is 1. The van der Waals surface area contributed by atoms with E-state index in [-0.39, 0.29) is 5.91 Å². The van der Waals surface area contributed by atoms with E-state index in [9.17, 15) is 4.79 Å². The van der Waals surface area contributed by atoms with Crippen LogP contribution in [0.1, 0.15) is 28.0 Å². The van der Waals surface area contributed by atoms with Gasteiger partial charge in [-0.15, -0.1) is 0 Å². The highest BCUT2D eigenvalue weighted by Crippen LogP contribution is 2.15. The van der Waals surface area contributed by atoms with Crippen LogP contribution in [0.25, 0.3) is 0 Å². The Morgan fingerprint density at radius 3 is 2.73 bits per heavy atom. The van der Waals surface area contributed by atoms with Crippen LogP contribution in [0.2, 0.25) is 5.02 Å². The molecule has 0 unspecified atom stereocenters. The first-order valence-corrected chi connectivity index (χ1v) is 8.70. The molecule has 1 aromatic heterocycles. The second kappa shape index (κ2) is 8.25. The van der Waals surface area contributed by atoms with E-state index in [0.717, 1.165) is 28.6 Å². The van der Waals surface area contributed by atoms with Crippen molar-refractivity contribution in [3.8, 4) is 0 Å². The molecule has 2 aromatic rings. The second-order valence-electron chi connectivity index (χ2n) is 5.06. The van der Waals surface area contributed by atoms with Gasteiger partial charge in [-0.1, -0.05) is 23.7 Å². The summed E-state index contributed by atoms with van der Waals surface area (Å²) in [7, 11) is 1.83. The Balaban J connectivity index is 1.62. The Bertz CT molecular complexity index is 625. The lowest BCUT2D eigenvalue weighted by atomic mass is 10.2. The molecule has 1 heterocycles. The third-order valence-electron chi connectivity index (χ3n) is 3.41. The summed E-state index contributed by atoms with van der Waals surface area (Å²) in [6.07, 6.45) is 2.56. The van der Waals surface area contributed by atoms with E-state index in [4.69, 9.17) is 11.6 Å². The molecule has 0 fully saturated rings.